The van der Waals surface area contributed by atoms with Crippen LogP contribution in [0.25, 0.3) is 0 Å². The van der Waals surface area contributed by atoms with Crippen molar-refractivity contribution < 1.29 is 9.53 Å². The van der Waals surface area contributed by atoms with E-state index in [0.717, 1.165) is 10.0 Å². The normalized spacial score (nSPS) is 10.6. The molecule has 0 radical (unpaired) electrons. The van der Waals surface area contributed by atoms with E-state index in [1.165, 1.54) is 6.20 Å². The van der Waals surface area contributed by atoms with Gasteiger partial charge in [-0.15, -0.1) is 0 Å². The largest absolute Gasteiger partial charge is 0.483 e. The maximum absolute atomic E-state index is 11.9. The first-order valence-electron chi connectivity index (χ1n) is 6.79. The molecule has 22 heavy (non-hydrogen) atoms. The van der Waals surface area contributed by atoms with Crippen LogP contribution >= 0.6 is 27.5 Å². The van der Waals surface area contributed by atoms with Crippen molar-refractivity contribution in [2.75, 3.05) is 11.9 Å². The van der Waals surface area contributed by atoms with E-state index in [4.69, 9.17) is 16.3 Å². The summed E-state index contributed by atoms with van der Waals surface area (Å²) in [5.74, 6) is 1.17. The van der Waals surface area contributed by atoms with Gasteiger partial charge in [-0.2, -0.15) is 0 Å². The molecule has 0 bridgehead atoms. The number of carbonyl (C=O) groups excluding carboxylic acids is 1. The van der Waals surface area contributed by atoms with Crippen LogP contribution in [-0.2, 0) is 4.79 Å². The summed E-state index contributed by atoms with van der Waals surface area (Å²) < 4.78 is 6.55. The molecule has 0 aliphatic rings. The maximum atomic E-state index is 11.9. The number of hydrogen-bond acceptors (Lipinski definition) is 3. The first-order valence-corrected chi connectivity index (χ1v) is 7.96. The summed E-state index contributed by atoms with van der Waals surface area (Å²) in [6, 6.07) is 9.11. The molecule has 4 nitrogen and oxygen atoms in total. The van der Waals surface area contributed by atoms with Crippen molar-refractivity contribution in [1.82, 2.24) is 4.98 Å². The highest BCUT2D eigenvalue weighted by atomic mass is 79.9. The van der Waals surface area contributed by atoms with Crippen LogP contribution in [0.2, 0.25) is 5.02 Å². The summed E-state index contributed by atoms with van der Waals surface area (Å²) in [6.45, 7) is 4.07. The smallest absolute Gasteiger partial charge is 0.263 e. The minimum absolute atomic E-state index is 0.0829. The van der Waals surface area contributed by atoms with Gasteiger partial charge in [0.2, 0.25) is 0 Å². The highest BCUT2D eigenvalue weighted by molar-refractivity contribution is 9.10. The fourth-order valence-electron chi connectivity index (χ4n) is 1.88. The number of carbonyl (C=O) groups is 1. The van der Waals surface area contributed by atoms with Gasteiger partial charge in [-0.1, -0.05) is 47.4 Å². The van der Waals surface area contributed by atoms with Crippen molar-refractivity contribution in [3.63, 3.8) is 0 Å². The van der Waals surface area contributed by atoms with Crippen molar-refractivity contribution in [3.05, 3.63) is 51.6 Å². The quantitative estimate of drug-likeness (QED) is 0.818. The average molecular weight is 384 g/mol. The molecule has 0 aliphatic carbocycles. The van der Waals surface area contributed by atoms with Gasteiger partial charge in [-0.3, -0.25) is 4.79 Å². The SMILES string of the molecule is CC(C)c1ccc(Br)cc1OCC(=O)Nc1ccc(Cl)cn1. The average Bonchev–Trinajstić information content (AvgIpc) is 2.47. The standard InChI is InChI=1S/C16H16BrClN2O2/c1-10(2)13-5-3-11(17)7-14(13)22-9-16(21)20-15-6-4-12(18)8-19-15/h3-8,10H,9H2,1-2H3,(H,19,20,21). The molecule has 0 unspecified atom stereocenters. The Kier molecular flexibility index (Phi) is 5.80. The number of nitrogens with zero attached hydrogens (tertiary/aromatic N) is 1. The third-order valence-electron chi connectivity index (χ3n) is 2.95. The lowest BCUT2D eigenvalue weighted by Gasteiger charge is -2.14. The van der Waals surface area contributed by atoms with Crippen LogP contribution in [0.5, 0.6) is 5.75 Å². The highest BCUT2D eigenvalue weighted by Crippen LogP contribution is 2.29. The third kappa shape index (κ3) is 4.71. The van der Waals surface area contributed by atoms with Crippen LogP contribution < -0.4 is 10.1 Å². The predicted molar refractivity (Wildman–Crippen MR) is 91.6 cm³/mol. The van der Waals surface area contributed by atoms with Gasteiger partial charge in [0, 0.05) is 10.7 Å². The van der Waals surface area contributed by atoms with Crippen LogP contribution in [-0.4, -0.2) is 17.5 Å². The fraction of sp³-hybridized carbons (Fsp3) is 0.250. The summed E-state index contributed by atoms with van der Waals surface area (Å²) in [6.07, 6.45) is 1.48. The van der Waals surface area contributed by atoms with Gasteiger partial charge in [0.1, 0.15) is 11.6 Å². The molecule has 116 valence electrons. The van der Waals surface area contributed by atoms with Gasteiger partial charge in [0.25, 0.3) is 5.91 Å². The van der Waals surface area contributed by atoms with E-state index < -0.39 is 0 Å². The van der Waals surface area contributed by atoms with Crippen LogP contribution in [0.15, 0.2) is 41.0 Å². The summed E-state index contributed by atoms with van der Waals surface area (Å²) in [4.78, 5) is 15.9. The Bertz CT molecular complexity index is 660. The van der Waals surface area contributed by atoms with E-state index in [2.05, 4.69) is 40.1 Å². The molecule has 0 aliphatic heterocycles. The maximum Gasteiger partial charge on any atom is 0.263 e. The van der Waals surface area contributed by atoms with Gasteiger partial charge < -0.3 is 10.1 Å². The van der Waals surface area contributed by atoms with Crippen LogP contribution in [0.1, 0.15) is 25.3 Å². The monoisotopic (exact) mass is 382 g/mol. The lowest BCUT2D eigenvalue weighted by Crippen LogP contribution is -2.21. The van der Waals surface area contributed by atoms with E-state index in [1.807, 2.05) is 18.2 Å². The van der Waals surface area contributed by atoms with Gasteiger partial charge >= 0.3 is 0 Å². The Labute approximate surface area is 143 Å². The second-order valence-corrected chi connectivity index (χ2v) is 6.39. The molecule has 0 saturated heterocycles. The predicted octanol–water partition coefficient (Wildman–Crippen LogP) is 4.64. The minimum atomic E-state index is -0.274. The summed E-state index contributed by atoms with van der Waals surface area (Å²) >= 11 is 9.16. The first-order chi connectivity index (χ1) is 10.5. The lowest BCUT2D eigenvalue weighted by molar-refractivity contribution is -0.118. The van der Waals surface area contributed by atoms with Gasteiger partial charge in [-0.05, 0) is 35.7 Å². The molecule has 2 rings (SSSR count). The molecule has 0 spiro atoms. The topological polar surface area (TPSA) is 51.2 Å². The number of aromatic nitrogens is 1. The molecule has 0 fully saturated rings. The molecule has 1 heterocycles. The molecule has 0 atom stereocenters. The highest BCUT2D eigenvalue weighted by Gasteiger charge is 2.11. The number of hydrogen-bond donors (Lipinski definition) is 1. The number of ether oxygens (including phenoxy) is 1. The number of halogens is 2. The van der Waals surface area contributed by atoms with Gasteiger partial charge in [0.05, 0.1) is 5.02 Å². The van der Waals surface area contributed by atoms with Gasteiger partial charge in [-0.25, -0.2) is 4.98 Å². The minimum Gasteiger partial charge on any atom is -0.483 e. The molecule has 2 aromatic rings. The second kappa shape index (κ2) is 7.61. The molecular weight excluding hydrogens is 368 g/mol. The van der Waals surface area contributed by atoms with Crippen LogP contribution in [0, 0.1) is 0 Å². The van der Waals surface area contributed by atoms with Crippen LogP contribution in [0.4, 0.5) is 5.82 Å². The number of pyridine rings is 1. The molecule has 6 heteroatoms. The molecule has 0 saturated carbocycles. The number of anilines is 1. The zero-order valence-corrected chi connectivity index (χ0v) is 14.6. The third-order valence-corrected chi connectivity index (χ3v) is 3.67. The van der Waals surface area contributed by atoms with E-state index in [-0.39, 0.29) is 12.5 Å². The van der Waals surface area contributed by atoms with Crippen LogP contribution in [0.3, 0.4) is 0 Å². The Hall–Kier alpha value is -1.59. The second-order valence-electron chi connectivity index (χ2n) is 5.04. The first kappa shape index (κ1) is 16.8. The van der Waals surface area contributed by atoms with Crippen molar-refractivity contribution in [3.8, 4) is 5.75 Å². The Balaban J connectivity index is 1.99. The van der Waals surface area contributed by atoms with E-state index in [9.17, 15) is 4.79 Å². The molecule has 1 amide bonds. The van der Waals surface area contributed by atoms with Crippen molar-refractivity contribution in [2.24, 2.45) is 0 Å². The summed E-state index contributed by atoms with van der Waals surface area (Å²) in [7, 11) is 0. The van der Waals surface area contributed by atoms with Crippen molar-refractivity contribution in [2.45, 2.75) is 19.8 Å². The Morgan fingerprint density at radius 1 is 1.36 bits per heavy atom. The Morgan fingerprint density at radius 2 is 2.14 bits per heavy atom. The number of nitrogens with one attached hydrogen (secondary N) is 1. The van der Waals surface area contributed by atoms with E-state index in [1.54, 1.807) is 12.1 Å². The fourth-order valence-corrected chi connectivity index (χ4v) is 2.33. The molecular formula is C16H16BrClN2O2. The molecule has 1 aromatic heterocycles. The molecule has 1 N–H and O–H groups in total. The van der Waals surface area contributed by atoms with E-state index >= 15 is 0 Å². The van der Waals surface area contributed by atoms with E-state index in [0.29, 0.717) is 22.5 Å². The van der Waals surface area contributed by atoms with Crippen molar-refractivity contribution in [1.29, 1.82) is 0 Å². The zero-order valence-electron chi connectivity index (χ0n) is 12.3. The lowest BCUT2D eigenvalue weighted by atomic mass is 10.0. The number of rotatable bonds is 5. The van der Waals surface area contributed by atoms with Crippen molar-refractivity contribution >= 4 is 39.3 Å². The van der Waals surface area contributed by atoms with Gasteiger partial charge in [0.15, 0.2) is 6.61 Å². The summed E-state index contributed by atoms with van der Waals surface area (Å²) in [5.41, 5.74) is 1.06. The molecule has 1 aromatic carbocycles. The Morgan fingerprint density at radius 3 is 2.77 bits per heavy atom. The zero-order chi connectivity index (χ0) is 16.1. The number of amides is 1. The number of benzene rings is 1. The summed E-state index contributed by atoms with van der Waals surface area (Å²) in [5, 5.41) is 3.18.